The van der Waals surface area contributed by atoms with Crippen LogP contribution >= 0.6 is 0 Å². The minimum atomic E-state index is 0.271. The summed E-state index contributed by atoms with van der Waals surface area (Å²) in [5, 5.41) is 0. The molecule has 0 saturated carbocycles. The summed E-state index contributed by atoms with van der Waals surface area (Å²) in [6.45, 7) is 3.88. The van der Waals surface area contributed by atoms with Crippen LogP contribution < -0.4 is 4.74 Å². The highest BCUT2D eigenvalue weighted by atomic mass is 16.5. The molecular weight excluding hydrogens is 224 g/mol. The van der Waals surface area contributed by atoms with Gasteiger partial charge in [-0.3, -0.25) is 0 Å². The van der Waals surface area contributed by atoms with E-state index >= 15 is 0 Å². The van der Waals surface area contributed by atoms with Crippen LogP contribution in [0.3, 0.4) is 0 Å². The SMILES string of the molecule is CCCCCC(CC(C)=O)c1ccc(OC)cc1. The lowest BCUT2D eigenvalue weighted by Gasteiger charge is -2.16. The van der Waals surface area contributed by atoms with E-state index in [1.807, 2.05) is 12.1 Å². The highest BCUT2D eigenvalue weighted by molar-refractivity contribution is 5.76. The summed E-state index contributed by atoms with van der Waals surface area (Å²) in [6.07, 6.45) is 5.40. The number of unbranched alkanes of at least 4 members (excludes halogenated alkanes) is 2. The molecule has 0 aromatic heterocycles. The third-order valence-corrected chi connectivity index (χ3v) is 3.28. The van der Waals surface area contributed by atoms with Gasteiger partial charge >= 0.3 is 0 Å². The summed E-state index contributed by atoms with van der Waals surface area (Å²) in [5.74, 6) is 1.50. The number of ether oxygens (including phenoxy) is 1. The van der Waals surface area contributed by atoms with Crippen molar-refractivity contribution in [2.24, 2.45) is 0 Å². The molecule has 0 spiro atoms. The Bertz CT molecular complexity index is 354. The summed E-state index contributed by atoms with van der Waals surface area (Å²) in [4.78, 5) is 11.4. The van der Waals surface area contributed by atoms with Gasteiger partial charge in [-0.1, -0.05) is 38.3 Å². The van der Waals surface area contributed by atoms with Crippen LogP contribution in [0.2, 0.25) is 0 Å². The van der Waals surface area contributed by atoms with Crippen LogP contribution in [0.4, 0.5) is 0 Å². The standard InChI is InChI=1S/C16H24O2/c1-4-5-6-7-15(12-13(2)17)14-8-10-16(18-3)11-9-14/h8-11,15H,4-7,12H2,1-3H3. The van der Waals surface area contributed by atoms with Crippen molar-refractivity contribution in [3.05, 3.63) is 29.8 Å². The van der Waals surface area contributed by atoms with E-state index in [0.29, 0.717) is 12.3 Å². The highest BCUT2D eigenvalue weighted by Gasteiger charge is 2.13. The van der Waals surface area contributed by atoms with E-state index in [1.165, 1.54) is 24.8 Å². The molecule has 1 aromatic rings. The number of hydrogen-bond donors (Lipinski definition) is 0. The smallest absolute Gasteiger partial charge is 0.130 e. The van der Waals surface area contributed by atoms with Crippen molar-refractivity contribution in [3.63, 3.8) is 0 Å². The lowest BCUT2D eigenvalue weighted by Crippen LogP contribution is -2.04. The lowest BCUT2D eigenvalue weighted by molar-refractivity contribution is -0.117. The molecule has 1 unspecified atom stereocenters. The molecular formula is C16H24O2. The predicted molar refractivity (Wildman–Crippen MR) is 75.2 cm³/mol. The average molecular weight is 248 g/mol. The molecule has 0 aliphatic rings. The molecule has 0 saturated heterocycles. The number of ketones is 1. The Balaban J connectivity index is 2.69. The van der Waals surface area contributed by atoms with E-state index in [9.17, 15) is 4.79 Å². The summed E-state index contributed by atoms with van der Waals surface area (Å²) in [7, 11) is 1.67. The van der Waals surface area contributed by atoms with Gasteiger partial charge in [0.25, 0.3) is 0 Å². The summed E-state index contributed by atoms with van der Waals surface area (Å²) in [6, 6.07) is 8.11. The fourth-order valence-electron chi connectivity index (χ4n) is 2.25. The Labute approximate surface area is 110 Å². The summed E-state index contributed by atoms with van der Waals surface area (Å²) in [5.41, 5.74) is 1.25. The van der Waals surface area contributed by atoms with Gasteiger partial charge in [-0.25, -0.2) is 0 Å². The van der Waals surface area contributed by atoms with Crippen molar-refractivity contribution >= 4 is 5.78 Å². The molecule has 0 aliphatic carbocycles. The first-order valence-corrected chi connectivity index (χ1v) is 6.80. The van der Waals surface area contributed by atoms with Crippen molar-refractivity contribution in [1.29, 1.82) is 0 Å². The van der Waals surface area contributed by atoms with E-state index in [-0.39, 0.29) is 5.78 Å². The Kier molecular flexibility index (Phi) is 6.48. The van der Waals surface area contributed by atoms with Gasteiger partial charge in [-0.2, -0.15) is 0 Å². The summed E-state index contributed by atoms with van der Waals surface area (Å²) < 4.78 is 5.16. The first-order valence-electron chi connectivity index (χ1n) is 6.80. The Morgan fingerprint density at radius 3 is 2.39 bits per heavy atom. The molecule has 100 valence electrons. The van der Waals surface area contributed by atoms with Gasteiger partial charge in [-0.05, 0) is 37.0 Å². The van der Waals surface area contributed by atoms with Gasteiger partial charge in [-0.15, -0.1) is 0 Å². The van der Waals surface area contributed by atoms with Crippen molar-refractivity contribution in [1.82, 2.24) is 0 Å². The largest absolute Gasteiger partial charge is 0.497 e. The number of Topliss-reactive ketones (excluding diaryl/α,β-unsaturated/α-hetero) is 1. The quantitative estimate of drug-likeness (QED) is 0.640. The molecule has 1 atom stereocenters. The third-order valence-electron chi connectivity index (χ3n) is 3.28. The molecule has 1 aromatic carbocycles. The van der Waals surface area contributed by atoms with Gasteiger partial charge in [0.1, 0.15) is 11.5 Å². The fraction of sp³-hybridized carbons (Fsp3) is 0.562. The van der Waals surface area contributed by atoms with E-state index in [4.69, 9.17) is 4.74 Å². The normalized spacial score (nSPS) is 12.2. The Morgan fingerprint density at radius 2 is 1.89 bits per heavy atom. The zero-order valence-electron chi connectivity index (χ0n) is 11.7. The molecule has 0 amide bonds. The molecule has 0 fully saturated rings. The monoisotopic (exact) mass is 248 g/mol. The van der Waals surface area contributed by atoms with Crippen molar-refractivity contribution in [2.45, 2.75) is 51.9 Å². The van der Waals surface area contributed by atoms with Crippen LogP contribution in [0, 0.1) is 0 Å². The lowest BCUT2D eigenvalue weighted by atomic mass is 9.89. The minimum absolute atomic E-state index is 0.271. The molecule has 0 aliphatic heterocycles. The molecule has 2 heteroatoms. The number of hydrogen-bond acceptors (Lipinski definition) is 2. The molecule has 0 bridgehead atoms. The van der Waals surface area contributed by atoms with Gasteiger partial charge < -0.3 is 9.53 Å². The van der Waals surface area contributed by atoms with Crippen molar-refractivity contribution < 1.29 is 9.53 Å². The van der Waals surface area contributed by atoms with Crippen LogP contribution in [0.25, 0.3) is 0 Å². The number of methoxy groups -OCH3 is 1. The van der Waals surface area contributed by atoms with Crippen LogP contribution in [-0.4, -0.2) is 12.9 Å². The van der Waals surface area contributed by atoms with E-state index in [0.717, 1.165) is 12.2 Å². The maximum absolute atomic E-state index is 11.4. The Morgan fingerprint density at radius 1 is 1.22 bits per heavy atom. The van der Waals surface area contributed by atoms with E-state index < -0.39 is 0 Å². The number of carbonyl (C=O) groups excluding carboxylic acids is 1. The number of benzene rings is 1. The van der Waals surface area contributed by atoms with E-state index in [2.05, 4.69) is 19.1 Å². The second-order valence-electron chi connectivity index (χ2n) is 4.87. The average Bonchev–Trinajstić information content (AvgIpc) is 2.37. The van der Waals surface area contributed by atoms with Gasteiger partial charge in [0, 0.05) is 6.42 Å². The fourth-order valence-corrected chi connectivity index (χ4v) is 2.25. The van der Waals surface area contributed by atoms with Crippen LogP contribution in [-0.2, 0) is 4.79 Å². The molecule has 18 heavy (non-hydrogen) atoms. The second-order valence-corrected chi connectivity index (χ2v) is 4.87. The first-order chi connectivity index (χ1) is 8.67. The molecule has 1 rings (SSSR count). The first kappa shape index (κ1) is 14.7. The van der Waals surface area contributed by atoms with Crippen LogP contribution in [0.5, 0.6) is 5.75 Å². The second kappa shape index (κ2) is 7.91. The predicted octanol–water partition coefficient (Wildman–Crippen LogP) is 4.34. The maximum atomic E-state index is 11.4. The van der Waals surface area contributed by atoms with E-state index in [1.54, 1.807) is 14.0 Å². The zero-order valence-corrected chi connectivity index (χ0v) is 11.7. The van der Waals surface area contributed by atoms with Crippen molar-refractivity contribution in [3.8, 4) is 5.75 Å². The Hall–Kier alpha value is -1.31. The van der Waals surface area contributed by atoms with Gasteiger partial charge in [0.05, 0.1) is 7.11 Å². The third kappa shape index (κ3) is 4.91. The van der Waals surface area contributed by atoms with Crippen LogP contribution in [0.1, 0.15) is 57.4 Å². The van der Waals surface area contributed by atoms with Gasteiger partial charge in [0.2, 0.25) is 0 Å². The molecule has 0 N–H and O–H groups in total. The maximum Gasteiger partial charge on any atom is 0.130 e. The molecule has 0 radical (unpaired) electrons. The van der Waals surface area contributed by atoms with Crippen LogP contribution in [0.15, 0.2) is 24.3 Å². The highest BCUT2D eigenvalue weighted by Crippen LogP contribution is 2.27. The molecule has 2 nitrogen and oxygen atoms in total. The summed E-state index contributed by atoms with van der Waals surface area (Å²) >= 11 is 0. The number of carbonyl (C=O) groups is 1. The minimum Gasteiger partial charge on any atom is -0.497 e. The molecule has 0 heterocycles. The number of rotatable bonds is 8. The van der Waals surface area contributed by atoms with Crippen molar-refractivity contribution in [2.75, 3.05) is 7.11 Å². The topological polar surface area (TPSA) is 26.3 Å². The van der Waals surface area contributed by atoms with Gasteiger partial charge in [0.15, 0.2) is 0 Å². The zero-order chi connectivity index (χ0) is 13.4.